The number of amides is 2. The molecule has 0 unspecified atom stereocenters. The Morgan fingerprint density at radius 1 is 1.10 bits per heavy atom. The van der Waals surface area contributed by atoms with Gasteiger partial charge >= 0.3 is 18.3 Å². The molecule has 0 saturated carbocycles. The van der Waals surface area contributed by atoms with E-state index in [9.17, 15) is 14.4 Å². The van der Waals surface area contributed by atoms with Crippen LogP contribution < -0.4 is 10.1 Å². The lowest BCUT2D eigenvalue weighted by Gasteiger charge is -2.15. The Kier molecular flexibility index (Phi) is 6.54. The number of carbonyl (C=O) groups excluding carboxylic acids is 3. The molecule has 10 heteroatoms. The van der Waals surface area contributed by atoms with Crippen LogP contribution in [0, 0.1) is 0 Å². The predicted octanol–water partition coefficient (Wildman–Crippen LogP) is 3.42. The summed E-state index contributed by atoms with van der Waals surface area (Å²) in [7, 11) is 0. The first-order chi connectivity index (χ1) is 9.82. The van der Waals surface area contributed by atoms with Crippen LogP contribution in [-0.4, -0.2) is 28.7 Å². The highest BCUT2D eigenvalue weighted by Crippen LogP contribution is 2.24. The third-order valence-electron chi connectivity index (χ3n) is 1.72. The highest BCUT2D eigenvalue weighted by Gasteiger charge is 2.30. The molecule has 0 aliphatic carbocycles. The Labute approximate surface area is 134 Å². The fourth-order valence-corrected chi connectivity index (χ4v) is 1.16. The van der Waals surface area contributed by atoms with Gasteiger partial charge in [0.25, 0.3) is 4.52 Å². The molecule has 2 amide bonds. The van der Waals surface area contributed by atoms with Gasteiger partial charge in [0.05, 0.1) is 5.88 Å². The van der Waals surface area contributed by atoms with Gasteiger partial charge < -0.3 is 14.2 Å². The summed E-state index contributed by atoms with van der Waals surface area (Å²) in [5.41, 5.74) is 0. The van der Waals surface area contributed by atoms with Crippen LogP contribution in [0.4, 0.5) is 14.4 Å². The van der Waals surface area contributed by atoms with Crippen molar-refractivity contribution in [3.05, 3.63) is 30.3 Å². The number of rotatable bonds is 3. The fraction of sp³-hybridized carbons (Fsp3) is 0.182. The summed E-state index contributed by atoms with van der Waals surface area (Å²) in [6, 6.07) is 7.90. The molecule has 0 aliphatic rings. The van der Waals surface area contributed by atoms with Crippen LogP contribution in [0.3, 0.4) is 0 Å². The quantitative estimate of drug-likeness (QED) is 0.507. The number of halogens is 3. The average Bonchev–Trinajstić information content (AvgIpc) is 2.38. The summed E-state index contributed by atoms with van der Waals surface area (Å²) in [6.45, 7) is 0. The van der Waals surface area contributed by atoms with Crippen molar-refractivity contribution in [2.75, 3.05) is 5.88 Å². The lowest BCUT2D eigenvalue weighted by Crippen LogP contribution is -2.36. The van der Waals surface area contributed by atoms with Crippen LogP contribution in [-0.2, 0) is 9.47 Å². The van der Waals surface area contributed by atoms with E-state index in [0.29, 0.717) is 0 Å². The van der Waals surface area contributed by atoms with Crippen LogP contribution in [0.5, 0.6) is 5.75 Å². The van der Waals surface area contributed by atoms with Gasteiger partial charge in [0.1, 0.15) is 5.75 Å². The van der Waals surface area contributed by atoms with Crippen molar-refractivity contribution < 1.29 is 28.6 Å². The first kappa shape index (κ1) is 17.4. The van der Waals surface area contributed by atoms with Gasteiger partial charge in [0, 0.05) is 0 Å². The van der Waals surface area contributed by atoms with E-state index in [0.717, 1.165) is 0 Å². The maximum Gasteiger partial charge on any atom is 0.520 e. The van der Waals surface area contributed by atoms with Crippen molar-refractivity contribution in [3.8, 4) is 5.75 Å². The van der Waals surface area contributed by atoms with Gasteiger partial charge in [-0.3, -0.25) is 0 Å². The molecule has 21 heavy (non-hydrogen) atoms. The van der Waals surface area contributed by atoms with E-state index in [4.69, 9.17) is 39.5 Å². The molecule has 0 fully saturated rings. The zero-order valence-corrected chi connectivity index (χ0v) is 12.4. The van der Waals surface area contributed by atoms with Crippen LogP contribution in [0.15, 0.2) is 30.3 Å². The molecule has 1 rings (SSSR count). The SMILES string of the molecule is O=C(NC(=O)Oc1ccccc1)OC(=O)OC(Cl)(Cl)CCl. The molecule has 7 nitrogen and oxygen atoms in total. The van der Waals surface area contributed by atoms with Crippen LogP contribution in [0.2, 0.25) is 0 Å². The first-order valence-corrected chi connectivity index (χ1v) is 6.54. The van der Waals surface area contributed by atoms with Gasteiger partial charge in [0.15, 0.2) is 0 Å². The second-order valence-corrected chi connectivity index (χ2v) is 5.02. The summed E-state index contributed by atoms with van der Waals surface area (Å²) in [5, 5.41) is 1.62. The molecule has 1 aromatic rings. The number of alkyl carbamates (subject to hydrolysis) is 1. The zero-order chi connectivity index (χ0) is 15.9. The van der Waals surface area contributed by atoms with Crippen molar-refractivity contribution >= 4 is 53.1 Å². The van der Waals surface area contributed by atoms with E-state index < -0.39 is 28.7 Å². The summed E-state index contributed by atoms with van der Waals surface area (Å²) in [6.07, 6.45) is -4.12. The highest BCUT2D eigenvalue weighted by molar-refractivity contribution is 6.50. The number of hydrogen-bond acceptors (Lipinski definition) is 6. The summed E-state index contributed by atoms with van der Waals surface area (Å²) in [4.78, 5) is 33.5. The Morgan fingerprint density at radius 2 is 1.71 bits per heavy atom. The molecular formula is C11H8Cl3NO6. The lowest BCUT2D eigenvalue weighted by atomic mass is 10.3. The van der Waals surface area contributed by atoms with Gasteiger partial charge in [-0.25, -0.2) is 19.7 Å². The topological polar surface area (TPSA) is 90.9 Å². The molecule has 1 aromatic carbocycles. The number of ether oxygens (including phenoxy) is 3. The van der Waals surface area contributed by atoms with E-state index in [1.165, 1.54) is 12.1 Å². The van der Waals surface area contributed by atoms with Gasteiger partial charge in [-0.05, 0) is 12.1 Å². The van der Waals surface area contributed by atoms with Gasteiger partial charge in [-0.2, -0.15) is 0 Å². The molecule has 0 aromatic heterocycles. The summed E-state index contributed by atoms with van der Waals surface area (Å²) < 4.78 is 11.0. The minimum absolute atomic E-state index is 0.188. The zero-order valence-electron chi connectivity index (χ0n) is 10.2. The molecule has 0 saturated heterocycles. The number of benzene rings is 1. The van der Waals surface area contributed by atoms with Crippen molar-refractivity contribution in [1.29, 1.82) is 0 Å². The van der Waals surface area contributed by atoms with Crippen molar-refractivity contribution in [2.45, 2.75) is 4.52 Å². The largest absolute Gasteiger partial charge is 0.520 e. The first-order valence-electron chi connectivity index (χ1n) is 5.25. The van der Waals surface area contributed by atoms with Crippen LogP contribution in [0.25, 0.3) is 0 Å². The number of nitrogens with one attached hydrogen (secondary N) is 1. The Bertz CT molecular complexity index is 522. The minimum atomic E-state index is -2.05. The molecule has 114 valence electrons. The standard InChI is InChI=1S/C11H8Cl3NO6/c12-6-11(13,14)21-10(18)20-9(17)15-8(16)19-7-4-2-1-3-5-7/h1-5H,6H2,(H,15,16,17). The number of carbonyl (C=O) groups is 3. The third-order valence-corrected chi connectivity index (χ3v) is 2.79. The number of hydrogen-bond donors (Lipinski definition) is 1. The van der Waals surface area contributed by atoms with E-state index in [1.807, 2.05) is 0 Å². The lowest BCUT2D eigenvalue weighted by molar-refractivity contribution is 0.0599. The van der Waals surface area contributed by atoms with Gasteiger partial charge in [-0.15, -0.1) is 11.6 Å². The molecule has 0 bridgehead atoms. The number of alkyl halides is 3. The third kappa shape index (κ3) is 7.03. The average molecular weight is 357 g/mol. The van der Waals surface area contributed by atoms with Crippen LogP contribution >= 0.6 is 34.8 Å². The normalized spacial score (nSPS) is 10.4. The predicted molar refractivity (Wildman–Crippen MR) is 73.7 cm³/mol. The maximum atomic E-state index is 11.3. The molecule has 0 aliphatic heterocycles. The maximum absolute atomic E-state index is 11.3. The monoisotopic (exact) mass is 355 g/mol. The molecule has 1 N–H and O–H groups in total. The van der Waals surface area contributed by atoms with E-state index in [1.54, 1.807) is 23.5 Å². The highest BCUT2D eigenvalue weighted by atomic mass is 35.5. The molecule has 0 atom stereocenters. The minimum Gasteiger partial charge on any atom is -0.410 e. The van der Waals surface area contributed by atoms with E-state index in [2.05, 4.69) is 9.47 Å². The number of imide groups is 1. The van der Waals surface area contributed by atoms with E-state index >= 15 is 0 Å². The van der Waals surface area contributed by atoms with Crippen molar-refractivity contribution in [3.63, 3.8) is 0 Å². The van der Waals surface area contributed by atoms with Gasteiger partial charge in [-0.1, -0.05) is 41.4 Å². The second-order valence-electron chi connectivity index (χ2n) is 3.34. The van der Waals surface area contributed by atoms with Gasteiger partial charge in [0.2, 0.25) is 0 Å². The molecule has 0 radical (unpaired) electrons. The Hall–Kier alpha value is -1.70. The summed E-state index contributed by atoms with van der Waals surface area (Å²) >= 11 is 16.1. The van der Waals surface area contributed by atoms with Crippen LogP contribution in [0.1, 0.15) is 0 Å². The summed E-state index contributed by atoms with van der Waals surface area (Å²) in [5.74, 6) is -0.267. The number of para-hydroxylation sites is 1. The smallest absolute Gasteiger partial charge is 0.410 e. The van der Waals surface area contributed by atoms with E-state index in [-0.39, 0.29) is 5.75 Å². The molecule has 0 spiro atoms. The fourth-order valence-electron chi connectivity index (χ4n) is 0.976. The molecular weight excluding hydrogens is 348 g/mol. The van der Waals surface area contributed by atoms with Crippen molar-refractivity contribution in [1.82, 2.24) is 5.32 Å². The Balaban J connectivity index is 2.40. The Morgan fingerprint density at radius 3 is 2.29 bits per heavy atom. The van der Waals surface area contributed by atoms with Crippen molar-refractivity contribution in [2.24, 2.45) is 0 Å². The molecule has 0 heterocycles. The second kappa shape index (κ2) is 7.92.